The van der Waals surface area contributed by atoms with Crippen LogP contribution in [-0.2, 0) is 11.3 Å². The number of carbonyl (C=O) groups excluding carboxylic acids is 2. The van der Waals surface area contributed by atoms with Crippen LogP contribution >= 0.6 is 11.8 Å². The SMILES string of the molecule is CCCCN(C(=O)NCc1ccccc1)c1cccc(Sc2cccc(OC(C)=O)c2)c1. The topological polar surface area (TPSA) is 58.6 Å². The van der Waals surface area contributed by atoms with Crippen molar-refractivity contribution in [3.05, 3.63) is 84.4 Å². The van der Waals surface area contributed by atoms with E-state index in [-0.39, 0.29) is 12.0 Å². The van der Waals surface area contributed by atoms with Crippen LogP contribution in [0.2, 0.25) is 0 Å². The number of hydrogen-bond donors (Lipinski definition) is 1. The van der Waals surface area contributed by atoms with Crippen LogP contribution in [0.3, 0.4) is 0 Å². The van der Waals surface area contributed by atoms with Gasteiger partial charge in [-0.3, -0.25) is 9.69 Å². The molecule has 0 unspecified atom stereocenters. The summed E-state index contributed by atoms with van der Waals surface area (Å²) < 4.78 is 5.18. The van der Waals surface area contributed by atoms with E-state index < -0.39 is 0 Å². The van der Waals surface area contributed by atoms with Gasteiger partial charge in [0.05, 0.1) is 0 Å². The Bertz CT molecular complexity index is 1040. The molecule has 3 aromatic carbocycles. The molecule has 5 nitrogen and oxygen atoms in total. The summed E-state index contributed by atoms with van der Waals surface area (Å²) in [5.41, 5.74) is 1.92. The highest BCUT2D eigenvalue weighted by Crippen LogP contribution is 2.32. The van der Waals surface area contributed by atoms with Crippen molar-refractivity contribution in [3.63, 3.8) is 0 Å². The van der Waals surface area contributed by atoms with Crippen LogP contribution in [0.15, 0.2) is 88.7 Å². The number of hydrogen-bond acceptors (Lipinski definition) is 4. The van der Waals surface area contributed by atoms with Crippen molar-refractivity contribution in [3.8, 4) is 5.75 Å². The minimum Gasteiger partial charge on any atom is -0.427 e. The van der Waals surface area contributed by atoms with Gasteiger partial charge in [-0.2, -0.15) is 0 Å². The van der Waals surface area contributed by atoms with Gasteiger partial charge >= 0.3 is 12.0 Å². The van der Waals surface area contributed by atoms with Gasteiger partial charge in [0.25, 0.3) is 0 Å². The molecule has 0 bridgehead atoms. The third-order valence-electron chi connectivity index (χ3n) is 4.70. The molecular weight excluding hydrogens is 420 g/mol. The number of urea groups is 1. The van der Waals surface area contributed by atoms with Gasteiger partial charge in [-0.1, -0.05) is 67.6 Å². The van der Waals surface area contributed by atoms with E-state index in [0.29, 0.717) is 18.8 Å². The van der Waals surface area contributed by atoms with Crippen LogP contribution in [0.4, 0.5) is 10.5 Å². The van der Waals surface area contributed by atoms with Gasteiger partial charge in [-0.25, -0.2) is 4.79 Å². The molecule has 0 spiro atoms. The van der Waals surface area contributed by atoms with Crippen molar-refractivity contribution < 1.29 is 14.3 Å². The van der Waals surface area contributed by atoms with Crippen molar-refractivity contribution in [2.45, 2.75) is 43.0 Å². The Morgan fingerprint density at radius 2 is 1.66 bits per heavy atom. The number of nitrogens with one attached hydrogen (secondary N) is 1. The van der Waals surface area contributed by atoms with Crippen LogP contribution < -0.4 is 15.0 Å². The van der Waals surface area contributed by atoms with Gasteiger partial charge in [0.1, 0.15) is 5.75 Å². The van der Waals surface area contributed by atoms with Crippen molar-refractivity contribution in [1.29, 1.82) is 0 Å². The third-order valence-corrected chi connectivity index (χ3v) is 5.68. The normalized spacial score (nSPS) is 10.4. The minimum atomic E-state index is -0.345. The highest BCUT2D eigenvalue weighted by molar-refractivity contribution is 7.99. The summed E-state index contributed by atoms with van der Waals surface area (Å²) >= 11 is 1.56. The molecule has 2 amide bonds. The first kappa shape index (κ1) is 23.4. The van der Waals surface area contributed by atoms with E-state index in [1.165, 1.54) is 6.92 Å². The zero-order valence-corrected chi connectivity index (χ0v) is 19.2. The second-order valence-electron chi connectivity index (χ2n) is 7.32. The summed E-state index contributed by atoms with van der Waals surface area (Å²) in [5.74, 6) is 0.172. The van der Waals surface area contributed by atoms with Crippen molar-refractivity contribution in [1.82, 2.24) is 5.32 Å². The molecule has 0 aliphatic heterocycles. The second-order valence-corrected chi connectivity index (χ2v) is 8.46. The van der Waals surface area contributed by atoms with Gasteiger partial charge in [0.2, 0.25) is 0 Å². The van der Waals surface area contributed by atoms with Gasteiger partial charge in [-0.15, -0.1) is 0 Å². The van der Waals surface area contributed by atoms with E-state index >= 15 is 0 Å². The Morgan fingerprint density at radius 1 is 0.938 bits per heavy atom. The Labute approximate surface area is 193 Å². The fourth-order valence-corrected chi connectivity index (χ4v) is 4.07. The molecule has 3 rings (SSSR count). The number of ether oxygens (including phenoxy) is 1. The van der Waals surface area contributed by atoms with Crippen LogP contribution in [-0.4, -0.2) is 18.5 Å². The number of esters is 1. The molecule has 0 saturated carbocycles. The van der Waals surface area contributed by atoms with Gasteiger partial charge in [0.15, 0.2) is 0 Å². The van der Waals surface area contributed by atoms with E-state index in [1.807, 2.05) is 72.8 Å². The number of amides is 2. The van der Waals surface area contributed by atoms with Crippen LogP contribution in [0.25, 0.3) is 0 Å². The highest BCUT2D eigenvalue weighted by atomic mass is 32.2. The van der Waals surface area contributed by atoms with Crippen molar-refractivity contribution in [2.75, 3.05) is 11.4 Å². The average molecular weight is 449 g/mol. The van der Waals surface area contributed by atoms with Gasteiger partial charge in [0, 0.05) is 35.5 Å². The van der Waals surface area contributed by atoms with E-state index in [1.54, 1.807) is 22.7 Å². The molecule has 0 aliphatic carbocycles. The first-order valence-electron chi connectivity index (χ1n) is 10.7. The molecule has 0 fully saturated rings. The van der Waals surface area contributed by atoms with E-state index in [4.69, 9.17) is 4.74 Å². The number of benzene rings is 3. The molecule has 166 valence electrons. The monoisotopic (exact) mass is 448 g/mol. The summed E-state index contributed by atoms with van der Waals surface area (Å²) in [6.07, 6.45) is 1.92. The van der Waals surface area contributed by atoms with Crippen molar-refractivity contribution >= 4 is 29.4 Å². The standard InChI is InChI=1S/C26H28N2O3S/c1-3-4-16-28(26(30)27-19-21-10-6-5-7-11-21)22-12-8-14-24(17-22)32-25-15-9-13-23(18-25)31-20(2)29/h5-15,17-18H,3-4,16,19H2,1-2H3,(H,27,30). The summed E-state index contributed by atoms with van der Waals surface area (Å²) in [6.45, 7) is 4.63. The average Bonchev–Trinajstić information content (AvgIpc) is 2.79. The second kappa shape index (κ2) is 12.0. The number of rotatable bonds is 9. The number of carbonyl (C=O) groups is 2. The number of nitrogens with zero attached hydrogens (tertiary/aromatic N) is 1. The predicted molar refractivity (Wildman–Crippen MR) is 129 cm³/mol. The number of anilines is 1. The quantitative estimate of drug-likeness (QED) is 0.309. The lowest BCUT2D eigenvalue weighted by molar-refractivity contribution is -0.131. The van der Waals surface area contributed by atoms with E-state index in [9.17, 15) is 9.59 Å². The maximum absolute atomic E-state index is 13.0. The first-order valence-corrected chi connectivity index (χ1v) is 11.5. The molecule has 0 aliphatic rings. The Hall–Kier alpha value is -3.25. The summed E-state index contributed by atoms with van der Waals surface area (Å²) in [5, 5.41) is 3.03. The summed E-state index contributed by atoms with van der Waals surface area (Å²) in [6, 6.07) is 25.1. The minimum absolute atomic E-state index is 0.110. The molecular formula is C26H28N2O3S. The zero-order chi connectivity index (χ0) is 22.8. The summed E-state index contributed by atoms with van der Waals surface area (Å²) in [4.78, 5) is 28.0. The lowest BCUT2D eigenvalue weighted by atomic mass is 10.2. The lowest BCUT2D eigenvalue weighted by Crippen LogP contribution is -2.40. The van der Waals surface area contributed by atoms with Gasteiger partial charge < -0.3 is 10.1 Å². The van der Waals surface area contributed by atoms with E-state index in [0.717, 1.165) is 33.9 Å². The van der Waals surface area contributed by atoms with Crippen LogP contribution in [0.1, 0.15) is 32.3 Å². The molecule has 0 saturated heterocycles. The molecule has 0 heterocycles. The fourth-order valence-electron chi connectivity index (χ4n) is 3.15. The Kier molecular flexibility index (Phi) is 8.75. The maximum Gasteiger partial charge on any atom is 0.322 e. The fraction of sp³-hybridized carbons (Fsp3) is 0.231. The summed E-state index contributed by atoms with van der Waals surface area (Å²) in [7, 11) is 0. The molecule has 0 atom stereocenters. The largest absolute Gasteiger partial charge is 0.427 e. The Balaban J connectivity index is 1.74. The number of unbranched alkanes of at least 4 members (excludes halogenated alkanes) is 1. The van der Waals surface area contributed by atoms with Crippen LogP contribution in [0, 0.1) is 0 Å². The smallest absolute Gasteiger partial charge is 0.322 e. The molecule has 3 aromatic rings. The van der Waals surface area contributed by atoms with Crippen LogP contribution in [0.5, 0.6) is 5.75 Å². The maximum atomic E-state index is 13.0. The zero-order valence-electron chi connectivity index (χ0n) is 18.4. The highest BCUT2D eigenvalue weighted by Gasteiger charge is 2.16. The molecule has 32 heavy (non-hydrogen) atoms. The third kappa shape index (κ3) is 7.17. The van der Waals surface area contributed by atoms with E-state index in [2.05, 4.69) is 12.2 Å². The molecule has 1 N–H and O–H groups in total. The first-order chi connectivity index (χ1) is 15.5. The van der Waals surface area contributed by atoms with Gasteiger partial charge in [-0.05, 0) is 48.4 Å². The predicted octanol–water partition coefficient (Wildman–Crippen LogP) is 6.28. The molecule has 0 radical (unpaired) electrons. The lowest BCUT2D eigenvalue weighted by Gasteiger charge is -2.24. The Morgan fingerprint density at radius 3 is 2.38 bits per heavy atom. The van der Waals surface area contributed by atoms with Crippen molar-refractivity contribution in [2.24, 2.45) is 0 Å². The molecule has 0 aromatic heterocycles. The molecule has 6 heteroatoms.